The summed E-state index contributed by atoms with van der Waals surface area (Å²) in [6.07, 6.45) is -4.39. The fourth-order valence-electron chi connectivity index (χ4n) is 4.84. The molecule has 0 aromatic heterocycles. The molecule has 0 aliphatic carbocycles. The van der Waals surface area contributed by atoms with Gasteiger partial charge in [0, 0.05) is 12.7 Å². The van der Waals surface area contributed by atoms with Crippen molar-refractivity contribution < 1.29 is 38.0 Å². The molecule has 0 radical (unpaired) electrons. The predicted octanol–water partition coefficient (Wildman–Crippen LogP) is 4.53. The maximum absolute atomic E-state index is 13.4. The van der Waals surface area contributed by atoms with Crippen LogP contribution in [0.15, 0.2) is 60.7 Å². The van der Waals surface area contributed by atoms with Gasteiger partial charge in [0.1, 0.15) is 23.9 Å². The van der Waals surface area contributed by atoms with Crippen LogP contribution in [0.2, 0.25) is 0 Å². The highest BCUT2D eigenvalue weighted by atomic mass is 32.1. The van der Waals surface area contributed by atoms with Crippen LogP contribution in [0.25, 0.3) is 0 Å². The van der Waals surface area contributed by atoms with Crippen molar-refractivity contribution in [2.45, 2.75) is 83.2 Å². The lowest BCUT2D eigenvalue weighted by Gasteiger charge is -2.49. The zero-order chi connectivity index (χ0) is 30.4. The number of benzene rings is 2. The molecule has 2 aromatic rings. The SMILES string of the molecule is CO[C@H]1O[C@@H]2COC(c3ccccc3)O[C@H]2[C@H](OC(=O)c2ccccc2)[C@@H]1NC(=S)[C@H](NC(=O)OC(C)(C)C)C(C)C. The molecule has 2 aliphatic heterocycles. The summed E-state index contributed by atoms with van der Waals surface area (Å²) in [7, 11) is 1.50. The second-order valence-corrected chi connectivity index (χ2v) is 12.0. The van der Waals surface area contributed by atoms with E-state index in [1.54, 1.807) is 45.0 Å². The minimum Gasteiger partial charge on any atom is -0.453 e. The molecule has 2 fully saturated rings. The Kier molecular flexibility index (Phi) is 10.6. The summed E-state index contributed by atoms with van der Waals surface area (Å²) >= 11 is 5.80. The first kappa shape index (κ1) is 31.8. The van der Waals surface area contributed by atoms with E-state index in [-0.39, 0.29) is 12.5 Å². The summed E-state index contributed by atoms with van der Waals surface area (Å²) < 4.78 is 36.0. The number of amides is 1. The number of alkyl carbamates (subject to hydrolysis) is 1. The molecule has 1 amide bonds. The van der Waals surface area contributed by atoms with Gasteiger partial charge in [-0.05, 0) is 38.8 Å². The second-order valence-electron chi connectivity index (χ2n) is 11.6. The molecule has 4 rings (SSSR count). The number of methoxy groups -OCH3 is 1. The molecule has 2 N–H and O–H groups in total. The highest BCUT2D eigenvalue weighted by Gasteiger charge is 2.53. The van der Waals surface area contributed by atoms with Gasteiger partial charge in [0.05, 0.1) is 23.2 Å². The largest absolute Gasteiger partial charge is 0.453 e. The zero-order valence-corrected chi connectivity index (χ0v) is 25.6. The molecule has 42 heavy (non-hydrogen) atoms. The Morgan fingerprint density at radius 2 is 1.64 bits per heavy atom. The maximum Gasteiger partial charge on any atom is 0.408 e. The number of hydrogen-bond donors (Lipinski definition) is 2. The number of carbonyl (C=O) groups excluding carboxylic acids is 2. The third-order valence-electron chi connectivity index (χ3n) is 6.83. The van der Waals surface area contributed by atoms with Gasteiger partial charge in [-0.15, -0.1) is 0 Å². The van der Waals surface area contributed by atoms with Gasteiger partial charge in [-0.2, -0.15) is 0 Å². The number of carbonyl (C=O) groups is 2. The van der Waals surface area contributed by atoms with E-state index >= 15 is 0 Å². The second kappa shape index (κ2) is 13.9. The number of thiocarbonyl (C=S) groups is 1. The molecule has 228 valence electrons. The van der Waals surface area contributed by atoms with Crippen molar-refractivity contribution in [1.29, 1.82) is 0 Å². The van der Waals surface area contributed by atoms with Gasteiger partial charge in [0.15, 0.2) is 18.7 Å². The number of nitrogens with one attached hydrogen (secondary N) is 2. The number of esters is 1. The van der Waals surface area contributed by atoms with Crippen LogP contribution in [0.3, 0.4) is 0 Å². The van der Waals surface area contributed by atoms with Gasteiger partial charge in [-0.25, -0.2) is 9.59 Å². The molecule has 0 saturated carbocycles. The molecule has 0 bridgehead atoms. The van der Waals surface area contributed by atoms with Crippen LogP contribution in [0.1, 0.15) is 56.8 Å². The number of hydrogen-bond acceptors (Lipinski definition) is 9. The quantitative estimate of drug-likeness (QED) is 0.331. The standard InChI is InChI=1S/C31H40N2O8S/c1-18(2)22(33-30(35)41-31(3,4)5)26(42)32-23-25(39-27(34)19-13-9-7-10-14-19)24-21(38-29(23)36-6)17-37-28(40-24)20-15-11-8-12-16-20/h7-16,18,21-25,28-29H,17H2,1-6H3,(H,32,42)(H,33,35)/t21-,22-,23+,24-,25-,28?,29+/m1/s1. The third kappa shape index (κ3) is 8.05. The Hall–Kier alpha value is -3.09. The van der Waals surface area contributed by atoms with Crippen molar-refractivity contribution in [1.82, 2.24) is 10.6 Å². The normalized spacial score (nSPS) is 26.5. The summed E-state index contributed by atoms with van der Waals surface area (Å²) in [5, 5.41) is 6.13. The first-order valence-electron chi connectivity index (χ1n) is 14.0. The van der Waals surface area contributed by atoms with E-state index in [9.17, 15) is 9.59 Å². The summed E-state index contributed by atoms with van der Waals surface area (Å²) in [4.78, 5) is 26.3. The molecule has 2 aromatic carbocycles. The molecule has 10 nitrogen and oxygen atoms in total. The minimum absolute atomic E-state index is 0.0946. The van der Waals surface area contributed by atoms with E-state index in [2.05, 4.69) is 10.6 Å². The Labute approximate surface area is 252 Å². The third-order valence-corrected chi connectivity index (χ3v) is 7.20. The minimum atomic E-state index is -0.899. The molecule has 7 atom stereocenters. The summed E-state index contributed by atoms with van der Waals surface area (Å²) in [6, 6.07) is 16.8. The van der Waals surface area contributed by atoms with Gasteiger partial charge < -0.3 is 39.1 Å². The van der Waals surface area contributed by atoms with Gasteiger partial charge in [0.25, 0.3) is 0 Å². The van der Waals surface area contributed by atoms with E-state index in [1.807, 2.05) is 50.2 Å². The number of fused-ring (bicyclic) bond motifs is 1. The Morgan fingerprint density at radius 1 is 1.00 bits per heavy atom. The van der Waals surface area contributed by atoms with Crippen LogP contribution in [0.5, 0.6) is 0 Å². The van der Waals surface area contributed by atoms with Crippen LogP contribution >= 0.6 is 12.2 Å². The lowest BCUT2D eigenvalue weighted by molar-refractivity contribution is -0.339. The van der Waals surface area contributed by atoms with Crippen LogP contribution in [0, 0.1) is 5.92 Å². The summed E-state index contributed by atoms with van der Waals surface area (Å²) in [6.45, 7) is 9.40. The first-order valence-corrected chi connectivity index (χ1v) is 14.4. The zero-order valence-electron chi connectivity index (χ0n) is 24.8. The average Bonchev–Trinajstić information content (AvgIpc) is 2.96. The lowest BCUT2D eigenvalue weighted by Crippen LogP contribution is -2.68. The summed E-state index contributed by atoms with van der Waals surface area (Å²) in [5.41, 5.74) is 0.522. The molecular formula is C31H40N2O8S. The predicted molar refractivity (Wildman–Crippen MR) is 159 cm³/mol. The van der Waals surface area contributed by atoms with E-state index in [0.717, 1.165) is 5.56 Å². The maximum atomic E-state index is 13.4. The Balaban J connectivity index is 1.62. The molecule has 2 heterocycles. The van der Waals surface area contributed by atoms with E-state index in [0.29, 0.717) is 10.6 Å². The van der Waals surface area contributed by atoms with Crippen molar-refractivity contribution in [3.8, 4) is 0 Å². The van der Waals surface area contributed by atoms with Crippen LogP contribution in [0.4, 0.5) is 4.79 Å². The van der Waals surface area contributed by atoms with Crippen LogP contribution in [-0.4, -0.2) is 73.1 Å². The van der Waals surface area contributed by atoms with Crippen molar-refractivity contribution in [2.24, 2.45) is 5.92 Å². The summed E-state index contributed by atoms with van der Waals surface area (Å²) in [5.74, 6) is -0.629. The van der Waals surface area contributed by atoms with Gasteiger partial charge in [0.2, 0.25) is 0 Å². The Bertz CT molecular complexity index is 1210. The lowest BCUT2D eigenvalue weighted by atomic mass is 9.94. The fourth-order valence-corrected chi connectivity index (χ4v) is 5.30. The van der Waals surface area contributed by atoms with Gasteiger partial charge >= 0.3 is 12.1 Å². The van der Waals surface area contributed by atoms with Crippen molar-refractivity contribution in [3.63, 3.8) is 0 Å². The monoisotopic (exact) mass is 600 g/mol. The van der Waals surface area contributed by atoms with Crippen molar-refractivity contribution >= 4 is 29.3 Å². The molecule has 0 spiro atoms. The molecule has 11 heteroatoms. The molecule has 2 saturated heterocycles. The van der Waals surface area contributed by atoms with E-state index in [1.165, 1.54) is 7.11 Å². The van der Waals surface area contributed by atoms with Crippen molar-refractivity contribution in [2.75, 3.05) is 13.7 Å². The number of rotatable bonds is 8. The van der Waals surface area contributed by atoms with E-state index < -0.39 is 60.6 Å². The van der Waals surface area contributed by atoms with E-state index in [4.69, 9.17) is 40.6 Å². The first-order chi connectivity index (χ1) is 20.0. The van der Waals surface area contributed by atoms with Crippen LogP contribution < -0.4 is 10.6 Å². The smallest absolute Gasteiger partial charge is 0.408 e. The highest BCUT2D eigenvalue weighted by Crippen LogP contribution is 2.36. The molecule has 1 unspecified atom stereocenters. The van der Waals surface area contributed by atoms with Gasteiger partial charge in [-0.3, -0.25) is 0 Å². The molecule has 2 aliphatic rings. The Morgan fingerprint density at radius 3 is 2.24 bits per heavy atom. The van der Waals surface area contributed by atoms with Crippen LogP contribution in [-0.2, 0) is 28.4 Å². The topological polar surface area (TPSA) is 114 Å². The number of ether oxygens (including phenoxy) is 6. The molecular weight excluding hydrogens is 560 g/mol. The van der Waals surface area contributed by atoms with Gasteiger partial charge in [-0.1, -0.05) is 74.6 Å². The average molecular weight is 601 g/mol. The van der Waals surface area contributed by atoms with Crippen molar-refractivity contribution in [3.05, 3.63) is 71.8 Å². The fraction of sp³-hybridized carbons (Fsp3) is 0.516. The highest BCUT2D eigenvalue weighted by molar-refractivity contribution is 7.80.